The van der Waals surface area contributed by atoms with Crippen molar-refractivity contribution in [2.45, 2.75) is 52.0 Å². The van der Waals surface area contributed by atoms with Crippen LogP contribution >= 0.6 is 0 Å². The van der Waals surface area contributed by atoms with Crippen LogP contribution < -0.4 is 10.6 Å². The molecule has 3 nitrogen and oxygen atoms in total. The van der Waals surface area contributed by atoms with Crippen LogP contribution in [0.5, 0.6) is 0 Å². The van der Waals surface area contributed by atoms with E-state index in [1.807, 2.05) is 19.9 Å². The van der Waals surface area contributed by atoms with E-state index < -0.39 is 5.41 Å². The van der Waals surface area contributed by atoms with Crippen LogP contribution in [0.3, 0.4) is 0 Å². The Morgan fingerprint density at radius 1 is 1.32 bits per heavy atom. The molecule has 1 heterocycles. The van der Waals surface area contributed by atoms with Crippen LogP contribution in [0.15, 0.2) is 18.2 Å². The predicted molar refractivity (Wildman–Crippen MR) is 79.4 cm³/mol. The molecule has 0 aromatic heterocycles. The number of fused-ring (bicyclic) bond motifs is 1. The number of hydrogen-bond acceptors (Lipinski definition) is 2. The summed E-state index contributed by atoms with van der Waals surface area (Å²) >= 11 is 0. The lowest BCUT2D eigenvalue weighted by Gasteiger charge is -2.20. The molecule has 0 saturated carbocycles. The fourth-order valence-corrected chi connectivity index (χ4v) is 2.62. The maximum absolute atomic E-state index is 11.9. The first-order valence-corrected chi connectivity index (χ1v) is 7.20. The third-order valence-electron chi connectivity index (χ3n) is 3.98. The molecular formula is C16H24N2O. The fourth-order valence-electron chi connectivity index (χ4n) is 2.62. The standard InChI is InChI=1S/C16H24N2O/c1-5-9-17-13(6-2)11-7-8-14-12(10-11)16(3,4)15(19)18-14/h7-8,10,13,17H,5-6,9H2,1-4H3,(H,18,19). The molecule has 1 amide bonds. The van der Waals surface area contributed by atoms with Crippen LogP contribution in [0, 0.1) is 0 Å². The molecule has 1 aromatic rings. The summed E-state index contributed by atoms with van der Waals surface area (Å²) in [5.41, 5.74) is 2.93. The monoisotopic (exact) mass is 260 g/mol. The highest BCUT2D eigenvalue weighted by atomic mass is 16.2. The lowest BCUT2D eigenvalue weighted by Crippen LogP contribution is -2.27. The van der Waals surface area contributed by atoms with Gasteiger partial charge in [-0.25, -0.2) is 0 Å². The van der Waals surface area contributed by atoms with Gasteiger partial charge in [0.05, 0.1) is 5.41 Å². The summed E-state index contributed by atoms with van der Waals surface area (Å²) in [4.78, 5) is 11.9. The van der Waals surface area contributed by atoms with Gasteiger partial charge in [0.25, 0.3) is 0 Å². The SMILES string of the molecule is CCCNC(CC)c1ccc2c(c1)C(C)(C)C(=O)N2. The number of anilines is 1. The topological polar surface area (TPSA) is 41.1 Å². The molecular weight excluding hydrogens is 236 g/mol. The van der Waals surface area contributed by atoms with Gasteiger partial charge in [-0.15, -0.1) is 0 Å². The molecule has 2 N–H and O–H groups in total. The zero-order valence-electron chi connectivity index (χ0n) is 12.3. The predicted octanol–water partition coefficient (Wildman–Crippen LogP) is 3.37. The Labute approximate surface area is 115 Å². The lowest BCUT2D eigenvalue weighted by molar-refractivity contribution is -0.119. The largest absolute Gasteiger partial charge is 0.325 e. The first-order valence-electron chi connectivity index (χ1n) is 7.20. The van der Waals surface area contributed by atoms with Gasteiger partial charge in [-0.1, -0.05) is 26.0 Å². The van der Waals surface area contributed by atoms with Crippen molar-refractivity contribution in [2.75, 3.05) is 11.9 Å². The van der Waals surface area contributed by atoms with Crippen molar-refractivity contribution in [3.05, 3.63) is 29.3 Å². The van der Waals surface area contributed by atoms with Gasteiger partial charge in [-0.05, 0) is 50.4 Å². The molecule has 1 unspecified atom stereocenters. The van der Waals surface area contributed by atoms with E-state index >= 15 is 0 Å². The molecule has 1 atom stereocenters. The zero-order chi connectivity index (χ0) is 14.0. The van der Waals surface area contributed by atoms with Crippen LogP contribution in [-0.2, 0) is 10.2 Å². The first kappa shape index (κ1) is 14.1. The number of nitrogens with one attached hydrogen (secondary N) is 2. The Morgan fingerprint density at radius 2 is 2.05 bits per heavy atom. The zero-order valence-corrected chi connectivity index (χ0v) is 12.3. The number of amides is 1. The maximum Gasteiger partial charge on any atom is 0.234 e. The molecule has 1 aliphatic rings. The molecule has 0 bridgehead atoms. The van der Waals surface area contributed by atoms with Crippen LogP contribution in [-0.4, -0.2) is 12.5 Å². The molecule has 3 heteroatoms. The summed E-state index contributed by atoms with van der Waals surface area (Å²) in [6, 6.07) is 6.71. The minimum atomic E-state index is -0.422. The first-order chi connectivity index (χ1) is 9.00. The smallest absolute Gasteiger partial charge is 0.234 e. The number of benzene rings is 1. The highest BCUT2D eigenvalue weighted by Gasteiger charge is 2.38. The van der Waals surface area contributed by atoms with Gasteiger partial charge in [-0.3, -0.25) is 4.79 Å². The Bertz CT molecular complexity index is 480. The van der Waals surface area contributed by atoms with E-state index in [0.717, 1.165) is 30.6 Å². The van der Waals surface area contributed by atoms with Gasteiger partial charge in [0.2, 0.25) is 5.91 Å². The molecule has 1 aliphatic heterocycles. The van der Waals surface area contributed by atoms with E-state index in [9.17, 15) is 4.79 Å². The average Bonchev–Trinajstić information content (AvgIpc) is 2.62. The van der Waals surface area contributed by atoms with E-state index in [-0.39, 0.29) is 5.91 Å². The van der Waals surface area contributed by atoms with Crippen molar-refractivity contribution in [1.82, 2.24) is 5.32 Å². The van der Waals surface area contributed by atoms with Gasteiger partial charge < -0.3 is 10.6 Å². The van der Waals surface area contributed by atoms with Gasteiger partial charge in [-0.2, -0.15) is 0 Å². The number of carbonyl (C=O) groups is 1. The number of carbonyl (C=O) groups excluding carboxylic acids is 1. The highest BCUT2D eigenvalue weighted by Crippen LogP contribution is 2.38. The number of hydrogen-bond donors (Lipinski definition) is 2. The summed E-state index contributed by atoms with van der Waals surface area (Å²) in [6.07, 6.45) is 2.19. The third kappa shape index (κ3) is 2.52. The molecule has 0 fully saturated rings. The van der Waals surface area contributed by atoms with E-state index in [4.69, 9.17) is 0 Å². The quantitative estimate of drug-likeness (QED) is 0.852. The molecule has 104 valence electrons. The molecule has 0 aliphatic carbocycles. The van der Waals surface area contributed by atoms with Gasteiger partial charge in [0.15, 0.2) is 0 Å². The minimum Gasteiger partial charge on any atom is -0.325 e. The van der Waals surface area contributed by atoms with Gasteiger partial charge in [0.1, 0.15) is 0 Å². The lowest BCUT2D eigenvalue weighted by atomic mass is 9.84. The minimum absolute atomic E-state index is 0.0919. The Morgan fingerprint density at radius 3 is 2.68 bits per heavy atom. The van der Waals surface area contributed by atoms with Crippen molar-refractivity contribution >= 4 is 11.6 Å². The second kappa shape index (κ2) is 5.33. The van der Waals surface area contributed by atoms with Crippen LogP contribution in [0.4, 0.5) is 5.69 Å². The van der Waals surface area contributed by atoms with E-state index in [2.05, 4.69) is 36.6 Å². The van der Waals surface area contributed by atoms with Crippen LogP contribution in [0.2, 0.25) is 0 Å². The van der Waals surface area contributed by atoms with Gasteiger partial charge in [0, 0.05) is 11.7 Å². The van der Waals surface area contributed by atoms with E-state index in [1.165, 1.54) is 5.56 Å². The van der Waals surface area contributed by atoms with E-state index in [1.54, 1.807) is 0 Å². The highest BCUT2D eigenvalue weighted by molar-refractivity contribution is 6.05. The number of rotatable bonds is 5. The van der Waals surface area contributed by atoms with E-state index in [0.29, 0.717) is 6.04 Å². The molecule has 0 saturated heterocycles. The summed E-state index contributed by atoms with van der Waals surface area (Å²) in [5.74, 6) is 0.0919. The van der Waals surface area contributed by atoms with Crippen molar-refractivity contribution in [3.63, 3.8) is 0 Å². The molecule has 2 rings (SSSR count). The third-order valence-corrected chi connectivity index (χ3v) is 3.98. The normalized spacial score (nSPS) is 18.0. The van der Waals surface area contributed by atoms with Gasteiger partial charge >= 0.3 is 0 Å². The fraction of sp³-hybridized carbons (Fsp3) is 0.562. The summed E-state index contributed by atoms with van der Waals surface area (Å²) in [7, 11) is 0. The van der Waals surface area contributed by atoms with Crippen molar-refractivity contribution in [2.24, 2.45) is 0 Å². The summed E-state index contributed by atoms with van der Waals surface area (Å²) < 4.78 is 0. The maximum atomic E-state index is 11.9. The van der Waals surface area contributed by atoms with Crippen molar-refractivity contribution < 1.29 is 4.79 Å². The Kier molecular flexibility index (Phi) is 3.95. The Hall–Kier alpha value is -1.35. The Balaban J connectivity index is 2.31. The second-order valence-corrected chi connectivity index (χ2v) is 5.80. The summed E-state index contributed by atoms with van der Waals surface area (Å²) in [5, 5.41) is 6.52. The van der Waals surface area contributed by atoms with Crippen molar-refractivity contribution in [3.8, 4) is 0 Å². The molecule has 19 heavy (non-hydrogen) atoms. The summed E-state index contributed by atoms with van der Waals surface area (Å²) in [6.45, 7) is 9.36. The van der Waals surface area contributed by atoms with Crippen LogP contribution in [0.25, 0.3) is 0 Å². The molecule has 0 spiro atoms. The second-order valence-electron chi connectivity index (χ2n) is 5.80. The molecule has 0 radical (unpaired) electrons. The average molecular weight is 260 g/mol. The van der Waals surface area contributed by atoms with Crippen molar-refractivity contribution in [1.29, 1.82) is 0 Å². The van der Waals surface area contributed by atoms with Crippen LogP contribution in [0.1, 0.15) is 57.7 Å². The molecule has 1 aromatic carbocycles.